The Labute approximate surface area is 74.8 Å². The summed E-state index contributed by atoms with van der Waals surface area (Å²) < 4.78 is 12.8. The average molecular weight is 178 g/mol. The fourth-order valence-corrected chi connectivity index (χ4v) is 0.897. The van der Waals surface area contributed by atoms with Crippen LogP contribution in [0.25, 0.3) is 0 Å². The molecule has 0 saturated heterocycles. The summed E-state index contributed by atoms with van der Waals surface area (Å²) in [6.07, 6.45) is 0. The van der Waals surface area contributed by atoms with Crippen LogP contribution in [0.4, 0.5) is 4.39 Å². The molecule has 0 fully saturated rings. The number of hydrogen-bond donors (Lipinski definition) is 1. The normalized spacial score (nSPS) is 9.00. The summed E-state index contributed by atoms with van der Waals surface area (Å²) >= 11 is 0. The van der Waals surface area contributed by atoms with Crippen molar-refractivity contribution in [2.24, 2.45) is 0 Å². The molecule has 1 N–H and O–H groups in total. The first-order chi connectivity index (χ1) is 6.19. The van der Waals surface area contributed by atoms with E-state index in [9.17, 15) is 9.18 Å². The zero-order valence-corrected chi connectivity index (χ0v) is 6.97. The molecule has 0 bridgehead atoms. The molecule has 4 heteroatoms. The highest BCUT2D eigenvalue weighted by Crippen LogP contribution is 2.08. The molecule has 3 nitrogen and oxygen atoms in total. The van der Waals surface area contributed by atoms with E-state index < -0.39 is 5.82 Å². The molecule has 0 aromatic heterocycles. The lowest BCUT2D eigenvalue weighted by molar-refractivity contribution is 0.0963. The Morgan fingerprint density at radius 1 is 1.62 bits per heavy atom. The van der Waals surface area contributed by atoms with Crippen LogP contribution in [-0.4, -0.2) is 13.0 Å². The fraction of sp³-hybridized carbons (Fsp3) is 0.111. The van der Waals surface area contributed by atoms with E-state index in [4.69, 9.17) is 5.26 Å². The molecule has 0 saturated carbocycles. The Kier molecular flexibility index (Phi) is 2.60. The first-order valence-corrected chi connectivity index (χ1v) is 3.60. The van der Waals surface area contributed by atoms with E-state index >= 15 is 0 Å². The molecule has 1 amide bonds. The van der Waals surface area contributed by atoms with Crippen molar-refractivity contribution in [1.29, 1.82) is 5.26 Å². The molecule has 0 spiro atoms. The molecule has 0 heterocycles. The van der Waals surface area contributed by atoms with Crippen molar-refractivity contribution in [3.8, 4) is 6.07 Å². The number of nitrogens with one attached hydrogen (secondary N) is 1. The molecule has 0 aliphatic heterocycles. The van der Waals surface area contributed by atoms with E-state index in [0.717, 1.165) is 6.07 Å². The number of amides is 1. The molecule has 66 valence electrons. The molecule has 0 aliphatic carbocycles. The summed E-state index contributed by atoms with van der Waals surface area (Å²) in [5.41, 5.74) is 0.154. The van der Waals surface area contributed by atoms with Crippen LogP contribution in [0, 0.1) is 17.1 Å². The number of carbonyl (C=O) groups is 1. The summed E-state index contributed by atoms with van der Waals surface area (Å²) in [6.45, 7) is 0. The molecule has 1 aromatic rings. The van der Waals surface area contributed by atoms with Gasteiger partial charge in [-0.3, -0.25) is 4.79 Å². The summed E-state index contributed by atoms with van der Waals surface area (Å²) in [5.74, 6) is -0.952. The SMILES string of the molecule is CNC(=O)c1ccc(F)c(C#N)c1. The maximum absolute atomic E-state index is 12.8. The molecule has 1 rings (SSSR count). The molecule has 13 heavy (non-hydrogen) atoms. The molecule has 0 unspecified atom stereocenters. The predicted octanol–water partition coefficient (Wildman–Crippen LogP) is 1.06. The van der Waals surface area contributed by atoms with Crippen LogP contribution in [0.2, 0.25) is 0 Å². The summed E-state index contributed by atoms with van der Waals surface area (Å²) in [6, 6.07) is 5.30. The Morgan fingerprint density at radius 2 is 2.31 bits per heavy atom. The number of nitrogens with zero attached hydrogens (tertiary/aromatic N) is 1. The number of halogens is 1. The van der Waals surface area contributed by atoms with E-state index in [2.05, 4.69) is 5.32 Å². The van der Waals surface area contributed by atoms with Crippen molar-refractivity contribution in [1.82, 2.24) is 5.32 Å². The van der Waals surface area contributed by atoms with Gasteiger partial charge in [-0.2, -0.15) is 5.26 Å². The predicted molar refractivity (Wildman–Crippen MR) is 44.5 cm³/mol. The smallest absolute Gasteiger partial charge is 0.251 e. The lowest BCUT2D eigenvalue weighted by Crippen LogP contribution is -2.17. The van der Waals surface area contributed by atoms with E-state index in [1.165, 1.54) is 19.2 Å². The molecule has 1 aromatic carbocycles. The van der Waals surface area contributed by atoms with Gasteiger partial charge in [0, 0.05) is 12.6 Å². The van der Waals surface area contributed by atoms with E-state index in [-0.39, 0.29) is 17.0 Å². The summed E-state index contributed by atoms with van der Waals surface area (Å²) in [4.78, 5) is 11.0. The first-order valence-electron chi connectivity index (χ1n) is 3.60. The molecular formula is C9H7FN2O. The first kappa shape index (κ1) is 9.20. The van der Waals surface area contributed by atoms with Crippen LogP contribution >= 0.6 is 0 Å². The van der Waals surface area contributed by atoms with E-state index in [1.807, 2.05) is 0 Å². The zero-order valence-electron chi connectivity index (χ0n) is 6.97. The lowest BCUT2D eigenvalue weighted by Gasteiger charge is -1.99. The maximum Gasteiger partial charge on any atom is 0.251 e. The topological polar surface area (TPSA) is 52.9 Å². The molecule has 0 aliphatic rings. The van der Waals surface area contributed by atoms with Gasteiger partial charge in [-0.1, -0.05) is 0 Å². The number of carbonyl (C=O) groups excluding carboxylic acids is 1. The highest BCUT2D eigenvalue weighted by Gasteiger charge is 2.07. The quantitative estimate of drug-likeness (QED) is 0.699. The van der Waals surface area contributed by atoms with Gasteiger partial charge in [-0.05, 0) is 18.2 Å². The van der Waals surface area contributed by atoms with E-state index in [1.54, 1.807) is 6.07 Å². The van der Waals surface area contributed by atoms with Crippen molar-refractivity contribution < 1.29 is 9.18 Å². The second kappa shape index (κ2) is 3.68. The van der Waals surface area contributed by atoms with E-state index in [0.29, 0.717) is 0 Å². The van der Waals surface area contributed by atoms with Gasteiger partial charge in [0.15, 0.2) is 0 Å². The van der Waals surface area contributed by atoms with Crippen LogP contribution in [0.1, 0.15) is 15.9 Å². The van der Waals surface area contributed by atoms with Gasteiger partial charge in [0.2, 0.25) is 0 Å². The molecular weight excluding hydrogens is 171 g/mol. The third-order valence-electron chi connectivity index (χ3n) is 1.58. The van der Waals surface area contributed by atoms with Gasteiger partial charge in [-0.15, -0.1) is 0 Å². The summed E-state index contributed by atoms with van der Waals surface area (Å²) in [7, 11) is 1.47. The van der Waals surface area contributed by atoms with Gasteiger partial charge in [0.25, 0.3) is 5.91 Å². The third-order valence-corrected chi connectivity index (χ3v) is 1.58. The minimum absolute atomic E-state index is 0.124. The minimum Gasteiger partial charge on any atom is -0.355 e. The van der Waals surface area contributed by atoms with Crippen molar-refractivity contribution >= 4 is 5.91 Å². The number of nitriles is 1. The van der Waals surface area contributed by atoms with Gasteiger partial charge in [-0.25, -0.2) is 4.39 Å². The van der Waals surface area contributed by atoms with Crippen molar-refractivity contribution in [2.75, 3.05) is 7.05 Å². The van der Waals surface area contributed by atoms with Crippen molar-refractivity contribution in [3.63, 3.8) is 0 Å². The van der Waals surface area contributed by atoms with Crippen LogP contribution in [0.3, 0.4) is 0 Å². The second-order valence-electron chi connectivity index (χ2n) is 2.39. The Bertz CT molecular complexity index is 382. The van der Waals surface area contributed by atoms with Crippen molar-refractivity contribution in [3.05, 3.63) is 35.1 Å². The van der Waals surface area contributed by atoms with Crippen LogP contribution in [0.15, 0.2) is 18.2 Å². The number of benzene rings is 1. The van der Waals surface area contributed by atoms with Gasteiger partial charge >= 0.3 is 0 Å². The van der Waals surface area contributed by atoms with Crippen LogP contribution in [0.5, 0.6) is 0 Å². The average Bonchev–Trinajstić information content (AvgIpc) is 2.17. The molecule has 0 atom stereocenters. The fourth-order valence-electron chi connectivity index (χ4n) is 0.897. The second-order valence-corrected chi connectivity index (χ2v) is 2.39. The van der Waals surface area contributed by atoms with Crippen LogP contribution in [-0.2, 0) is 0 Å². The summed E-state index contributed by atoms with van der Waals surface area (Å²) in [5, 5.41) is 10.9. The number of rotatable bonds is 1. The van der Waals surface area contributed by atoms with Gasteiger partial charge in [0.1, 0.15) is 11.9 Å². The number of hydrogen-bond acceptors (Lipinski definition) is 2. The zero-order chi connectivity index (χ0) is 9.84. The van der Waals surface area contributed by atoms with Gasteiger partial charge < -0.3 is 5.32 Å². The lowest BCUT2D eigenvalue weighted by atomic mass is 10.1. The Balaban J connectivity index is 3.15. The monoisotopic (exact) mass is 178 g/mol. The largest absolute Gasteiger partial charge is 0.355 e. The highest BCUT2D eigenvalue weighted by molar-refractivity contribution is 5.94. The standard InChI is InChI=1S/C9H7FN2O/c1-12-9(13)6-2-3-8(10)7(4-6)5-11/h2-4H,1H3,(H,12,13). The van der Waals surface area contributed by atoms with Crippen molar-refractivity contribution in [2.45, 2.75) is 0 Å². The highest BCUT2D eigenvalue weighted by atomic mass is 19.1. The minimum atomic E-state index is -0.616. The van der Waals surface area contributed by atoms with Gasteiger partial charge in [0.05, 0.1) is 5.56 Å². The maximum atomic E-state index is 12.8. The third kappa shape index (κ3) is 1.82. The Hall–Kier alpha value is -1.89. The van der Waals surface area contributed by atoms with Crippen LogP contribution < -0.4 is 5.32 Å². The molecule has 0 radical (unpaired) electrons. The Morgan fingerprint density at radius 3 is 2.85 bits per heavy atom.